The van der Waals surface area contributed by atoms with E-state index in [0.29, 0.717) is 19.6 Å². The molecule has 0 fully saturated rings. The zero-order valence-electron chi connectivity index (χ0n) is 15.1. The Hall–Kier alpha value is -2.30. The van der Waals surface area contributed by atoms with Gasteiger partial charge in [0.1, 0.15) is 5.60 Å². The predicted octanol–water partition coefficient (Wildman–Crippen LogP) is 3.92. The van der Waals surface area contributed by atoms with Crippen LogP contribution in [0, 0.1) is 13.8 Å². The van der Waals surface area contributed by atoms with Crippen LogP contribution in [0.15, 0.2) is 24.3 Å². The van der Waals surface area contributed by atoms with Crippen molar-refractivity contribution in [2.45, 2.75) is 53.3 Å². The van der Waals surface area contributed by atoms with Gasteiger partial charge in [0.25, 0.3) is 0 Å². The monoisotopic (exact) mass is 327 g/mol. The molecule has 2 aromatic rings. The van der Waals surface area contributed by atoms with Crippen LogP contribution in [0.4, 0.5) is 4.79 Å². The second kappa shape index (κ2) is 5.96. The number of nitrogens with zero attached hydrogens (tertiary/aromatic N) is 3. The van der Waals surface area contributed by atoms with Crippen LogP contribution in [0.2, 0.25) is 0 Å². The molecule has 1 aliphatic heterocycles. The molecule has 24 heavy (non-hydrogen) atoms. The minimum absolute atomic E-state index is 0.261. The summed E-state index contributed by atoms with van der Waals surface area (Å²) in [5, 5.41) is 4.70. The molecule has 2 heterocycles. The lowest BCUT2D eigenvalue weighted by Gasteiger charge is -2.30. The highest BCUT2D eigenvalue weighted by molar-refractivity contribution is 5.68. The Morgan fingerprint density at radius 2 is 1.88 bits per heavy atom. The molecule has 1 aromatic carbocycles. The fourth-order valence-electron chi connectivity index (χ4n) is 2.79. The first-order valence-corrected chi connectivity index (χ1v) is 8.35. The summed E-state index contributed by atoms with van der Waals surface area (Å²) in [7, 11) is 0. The summed E-state index contributed by atoms with van der Waals surface area (Å²) in [4.78, 5) is 14.0. The average Bonchev–Trinajstić information content (AvgIpc) is 2.91. The molecule has 0 unspecified atom stereocenters. The number of carbonyl (C=O) groups is 1. The molecule has 3 rings (SSSR count). The van der Waals surface area contributed by atoms with Crippen molar-refractivity contribution >= 4 is 6.09 Å². The number of hydrogen-bond acceptors (Lipinski definition) is 3. The SMILES string of the molecule is Cc1ccc(-c2cc3n(n2)CCN(C(=O)OC(C)(C)C)C3)cc1C. The predicted molar refractivity (Wildman–Crippen MR) is 93.8 cm³/mol. The number of amides is 1. The molecule has 0 spiro atoms. The van der Waals surface area contributed by atoms with E-state index in [-0.39, 0.29) is 6.09 Å². The maximum Gasteiger partial charge on any atom is 0.410 e. The highest BCUT2D eigenvalue weighted by Crippen LogP contribution is 2.24. The zero-order valence-corrected chi connectivity index (χ0v) is 15.1. The first-order valence-electron chi connectivity index (χ1n) is 8.35. The quantitative estimate of drug-likeness (QED) is 0.797. The Kier molecular flexibility index (Phi) is 4.11. The van der Waals surface area contributed by atoms with Gasteiger partial charge >= 0.3 is 6.09 Å². The van der Waals surface area contributed by atoms with Gasteiger partial charge in [0.15, 0.2) is 0 Å². The number of aryl methyl sites for hydroxylation is 2. The van der Waals surface area contributed by atoms with Crippen LogP contribution in [0.3, 0.4) is 0 Å². The molecule has 5 heteroatoms. The smallest absolute Gasteiger partial charge is 0.410 e. The fourth-order valence-corrected chi connectivity index (χ4v) is 2.79. The van der Waals surface area contributed by atoms with Gasteiger partial charge in [-0.25, -0.2) is 4.79 Å². The summed E-state index contributed by atoms with van der Waals surface area (Å²) >= 11 is 0. The molecule has 0 atom stereocenters. The standard InChI is InChI=1S/C19H25N3O2/c1-13-6-7-15(10-14(13)2)17-11-16-12-21(8-9-22(16)20-17)18(23)24-19(3,4)5/h6-7,10-11H,8-9,12H2,1-5H3. The minimum Gasteiger partial charge on any atom is -0.444 e. The van der Waals surface area contributed by atoms with E-state index >= 15 is 0 Å². The van der Waals surface area contributed by atoms with E-state index in [1.165, 1.54) is 11.1 Å². The summed E-state index contributed by atoms with van der Waals surface area (Å²) in [6.07, 6.45) is -0.261. The van der Waals surface area contributed by atoms with Gasteiger partial charge in [-0.05, 0) is 57.9 Å². The van der Waals surface area contributed by atoms with E-state index in [9.17, 15) is 4.79 Å². The number of benzene rings is 1. The van der Waals surface area contributed by atoms with Gasteiger partial charge in [-0.2, -0.15) is 5.10 Å². The molecular weight excluding hydrogens is 302 g/mol. The Morgan fingerprint density at radius 3 is 2.54 bits per heavy atom. The number of hydrogen-bond donors (Lipinski definition) is 0. The topological polar surface area (TPSA) is 47.4 Å². The summed E-state index contributed by atoms with van der Waals surface area (Å²) in [5.41, 5.74) is 5.18. The van der Waals surface area contributed by atoms with E-state index in [0.717, 1.165) is 17.0 Å². The van der Waals surface area contributed by atoms with E-state index in [4.69, 9.17) is 9.84 Å². The Morgan fingerprint density at radius 1 is 1.12 bits per heavy atom. The number of rotatable bonds is 1. The molecule has 0 radical (unpaired) electrons. The first-order chi connectivity index (χ1) is 11.2. The second-order valence-electron chi connectivity index (χ2n) is 7.44. The second-order valence-corrected chi connectivity index (χ2v) is 7.44. The van der Waals surface area contributed by atoms with Crippen molar-refractivity contribution in [2.75, 3.05) is 6.54 Å². The van der Waals surface area contributed by atoms with Gasteiger partial charge in [-0.3, -0.25) is 4.68 Å². The number of aromatic nitrogens is 2. The number of fused-ring (bicyclic) bond motifs is 1. The normalized spacial score (nSPS) is 14.5. The van der Waals surface area contributed by atoms with Gasteiger partial charge in [-0.1, -0.05) is 12.1 Å². The molecule has 1 amide bonds. The van der Waals surface area contributed by atoms with Crippen molar-refractivity contribution in [3.63, 3.8) is 0 Å². The summed E-state index contributed by atoms with van der Waals surface area (Å²) in [6.45, 7) is 11.7. The largest absolute Gasteiger partial charge is 0.444 e. The molecule has 1 aromatic heterocycles. The lowest BCUT2D eigenvalue weighted by Crippen LogP contribution is -2.41. The van der Waals surface area contributed by atoms with E-state index in [1.807, 2.05) is 25.5 Å². The Balaban J connectivity index is 1.79. The molecule has 0 bridgehead atoms. The van der Waals surface area contributed by atoms with Crippen molar-refractivity contribution in [1.82, 2.24) is 14.7 Å². The van der Waals surface area contributed by atoms with Crippen molar-refractivity contribution in [2.24, 2.45) is 0 Å². The highest BCUT2D eigenvalue weighted by Gasteiger charge is 2.26. The van der Waals surface area contributed by atoms with Crippen LogP contribution >= 0.6 is 0 Å². The van der Waals surface area contributed by atoms with Gasteiger partial charge < -0.3 is 9.64 Å². The van der Waals surface area contributed by atoms with Gasteiger partial charge in [0.05, 0.1) is 24.5 Å². The molecule has 0 saturated carbocycles. The van der Waals surface area contributed by atoms with Crippen LogP contribution in [0.1, 0.15) is 37.6 Å². The Bertz CT molecular complexity index is 771. The third-order valence-electron chi connectivity index (χ3n) is 4.25. The van der Waals surface area contributed by atoms with Crippen LogP contribution in [-0.2, 0) is 17.8 Å². The summed E-state index contributed by atoms with van der Waals surface area (Å²) in [5.74, 6) is 0. The Labute approximate surface area is 143 Å². The van der Waals surface area contributed by atoms with E-state index < -0.39 is 5.60 Å². The minimum atomic E-state index is -0.473. The maximum absolute atomic E-state index is 12.3. The third-order valence-corrected chi connectivity index (χ3v) is 4.25. The van der Waals surface area contributed by atoms with E-state index in [2.05, 4.69) is 38.1 Å². The molecular formula is C19H25N3O2. The zero-order chi connectivity index (χ0) is 17.5. The van der Waals surface area contributed by atoms with Crippen molar-refractivity contribution in [3.8, 4) is 11.3 Å². The van der Waals surface area contributed by atoms with Crippen LogP contribution in [0.25, 0.3) is 11.3 Å². The molecule has 128 valence electrons. The van der Waals surface area contributed by atoms with Crippen molar-refractivity contribution in [3.05, 3.63) is 41.1 Å². The molecule has 0 N–H and O–H groups in total. The summed E-state index contributed by atoms with van der Waals surface area (Å²) in [6, 6.07) is 8.45. The van der Waals surface area contributed by atoms with Crippen molar-refractivity contribution < 1.29 is 9.53 Å². The van der Waals surface area contributed by atoms with Gasteiger partial charge in [-0.15, -0.1) is 0 Å². The highest BCUT2D eigenvalue weighted by atomic mass is 16.6. The molecule has 1 aliphatic rings. The van der Waals surface area contributed by atoms with E-state index in [1.54, 1.807) is 4.90 Å². The lowest BCUT2D eigenvalue weighted by atomic mass is 10.0. The average molecular weight is 327 g/mol. The number of carbonyl (C=O) groups excluding carboxylic acids is 1. The molecule has 5 nitrogen and oxygen atoms in total. The third kappa shape index (κ3) is 3.45. The van der Waals surface area contributed by atoms with Gasteiger partial charge in [0.2, 0.25) is 0 Å². The van der Waals surface area contributed by atoms with Crippen LogP contribution in [0.5, 0.6) is 0 Å². The molecule has 0 saturated heterocycles. The van der Waals surface area contributed by atoms with Gasteiger partial charge in [0, 0.05) is 12.1 Å². The molecule has 0 aliphatic carbocycles. The van der Waals surface area contributed by atoms with Crippen molar-refractivity contribution in [1.29, 1.82) is 0 Å². The maximum atomic E-state index is 12.3. The van der Waals surface area contributed by atoms with Crippen LogP contribution in [-0.4, -0.2) is 32.9 Å². The summed E-state index contributed by atoms with van der Waals surface area (Å²) < 4.78 is 7.46. The first kappa shape index (κ1) is 16.6. The van der Waals surface area contributed by atoms with Crippen LogP contribution < -0.4 is 0 Å². The fraction of sp³-hybridized carbons (Fsp3) is 0.474. The lowest BCUT2D eigenvalue weighted by molar-refractivity contribution is 0.0194. The number of ether oxygens (including phenoxy) is 1.